The minimum atomic E-state index is -1.11. The van der Waals surface area contributed by atoms with Gasteiger partial charge in [0.1, 0.15) is 12.1 Å². The zero-order chi connectivity index (χ0) is 12.2. The Labute approximate surface area is 88.5 Å². The molecule has 15 heavy (non-hydrogen) atoms. The van der Waals surface area contributed by atoms with Gasteiger partial charge in [-0.2, -0.15) is 0 Å². The quantitative estimate of drug-likeness (QED) is 0.469. The van der Waals surface area contributed by atoms with Crippen LogP contribution in [0.25, 0.3) is 0 Å². The van der Waals surface area contributed by atoms with Crippen molar-refractivity contribution in [1.82, 2.24) is 5.32 Å². The molecule has 0 aliphatic carbocycles. The van der Waals surface area contributed by atoms with E-state index in [1.807, 2.05) is 0 Å². The molecule has 3 atom stereocenters. The van der Waals surface area contributed by atoms with Crippen LogP contribution in [0.4, 0.5) is 0 Å². The molecule has 0 aliphatic rings. The van der Waals surface area contributed by atoms with E-state index in [1.54, 1.807) is 13.8 Å². The van der Waals surface area contributed by atoms with Gasteiger partial charge in [-0.1, -0.05) is 13.8 Å². The summed E-state index contributed by atoms with van der Waals surface area (Å²) >= 11 is 0. The first-order chi connectivity index (χ1) is 6.77. The van der Waals surface area contributed by atoms with E-state index in [1.165, 1.54) is 6.92 Å². The number of amides is 1. The minimum absolute atomic E-state index is 0.243. The lowest BCUT2D eigenvalue weighted by Gasteiger charge is -2.21. The first-order valence-corrected chi connectivity index (χ1v) is 4.74. The van der Waals surface area contributed by atoms with E-state index in [9.17, 15) is 9.59 Å². The van der Waals surface area contributed by atoms with Gasteiger partial charge in [-0.3, -0.25) is 4.79 Å². The van der Waals surface area contributed by atoms with Crippen LogP contribution in [-0.4, -0.2) is 40.3 Å². The van der Waals surface area contributed by atoms with Gasteiger partial charge in [0.25, 0.3) is 0 Å². The molecule has 0 bridgehead atoms. The van der Waals surface area contributed by atoms with Crippen LogP contribution in [-0.2, 0) is 9.59 Å². The predicted octanol–water partition coefficient (Wildman–Crippen LogP) is -1.08. The highest BCUT2D eigenvalue weighted by Crippen LogP contribution is 2.02. The van der Waals surface area contributed by atoms with Crippen molar-refractivity contribution in [2.24, 2.45) is 11.7 Å². The molecular formula is C9H18N2O4. The van der Waals surface area contributed by atoms with E-state index in [0.717, 1.165) is 0 Å². The van der Waals surface area contributed by atoms with Crippen molar-refractivity contribution in [3.05, 3.63) is 0 Å². The fraction of sp³-hybridized carbons (Fsp3) is 0.778. The van der Waals surface area contributed by atoms with Crippen LogP contribution in [0.3, 0.4) is 0 Å². The Balaban J connectivity index is 4.43. The van der Waals surface area contributed by atoms with E-state index in [0.29, 0.717) is 0 Å². The molecule has 5 N–H and O–H groups in total. The maximum Gasteiger partial charge on any atom is 0.326 e. The SMILES string of the molecule is CC(C)C(NC(=O)C(N)C(C)O)C(=O)O. The van der Waals surface area contributed by atoms with Crippen molar-refractivity contribution >= 4 is 11.9 Å². The average Bonchev–Trinajstić information content (AvgIpc) is 2.11. The van der Waals surface area contributed by atoms with Crippen molar-refractivity contribution in [2.45, 2.75) is 39.0 Å². The highest BCUT2D eigenvalue weighted by atomic mass is 16.4. The number of aliphatic hydroxyl groups is 1. The zero-order valence-electron chi connectivity index (χ0n) is 9.10. The van der Waals surface area contributed by atoms with Gasteiger partial charge >= 0.3 is 5.97 Å². The molecule has 0 saturated heterocycles. The summed E-state index contributed by atoms with van der Waals surface area (Å²) in [4.78, 5) is 22.1. The van der Waals surface area contributed by atoms with Gasteiger partial charge < -0.3 is 21.3 Å². The number of carbonyl (C=O) groups is 2. The summed E-state index contributed by atoms with van der Waals surface area (Å²) in [5, 5.41) is 20.1. The number of nitrogens with two attached hydrogens (primary N) is 1. The molecule has 0 aromatic carbocycles. The van der Waals surface area contributed by atoms with Crippen molar-refractivity contribution in [3.63, 3.8) is 0 Å². The van der Waals surface area contributed by atoms with Crippen LogP contribution < -0.4 is 11.1 Å². The van der Waals surface area contributed by atoms with Gasteiger partial charge in [0.2, 0.25) is 5.91 Å². The summed E-state index contributed by atoms with van der Waals surface area (Å²) in [7, 11) is 0. The second-order valence-corrected chi connectivity index (χ2v) is 3.83. The first-order valence-electron chi connectivity index (χ1n) is 4.74. The Morgan fingerprint density at radius 2 is 1.73 bits per heavy atom. The minimum Gasteiger partial charge on any atom is -0.480 e. The van der Waals surface area contributed by atoms with E-state index in [-0.39, 0.29) is 5.92 Å². The topological polar surface area (TPSA) is 113 Å². The van der Waals surface area contributed by atoms with E-state index >= 15 is 0 Å². The van der Waals surface area contributed by atoms with Crippen LogP contribution in [0.15, 0.2) is 0 Å². The van der Waals surface area contributed by atoms with E-state index in [2.05, 4.69) is 5.32 Å². The summed E-state index contributed by atoms with van der Waals surface area (Å²) < 4.78 is 0. The molecule has 0 saturated carbocycles. The maximum atomic E-state index is 11.3. The molecule has 0 rings (SSSR count). The van der Waals surface area contributed by atoms with Crippen molar-refractivity contribution in [3.8, 4) is 0 Å². The molecule has 88 valence electrons. The molecular weight excluding hydrogens is 200 g/mol. The maximum absolute atomic E-state index is 11.3. The smallest absolute Gasteiger partial charge is 0.326 e. The third-order valence-electron chi connectivity index (χ3n) is 2.05. The lowest BCUT2D eigenvalue weighted by molar-refractivity contribution is -0.143. The summed E-state index contributed by atoms with van der Waals surface area (Å²) in [5.74, 6) is -2.02. The number of aliphatic carboxylic acids is 1. The Hall–Kier alpha value is -1.14. The fourth-order valence-corrected chi connectivity index (χ4v) is 0.982. The van der Waals surface area contributed by atoms with Gasteiger partial charge in [0, 0.05) is 0 Å². The highest BCUT2D eigenvalue weighted by Gasteiger charge is 2.27. The van der Waals surface area contributed by atoms with Crippen LogP contribution in [0.5, 0.6) is 0 Å². The molecule has 0 spiro atoms. The summed E-state index contributed by atoms with van der Waals surface area (Å²) in [6.07, 6.45) is -1.01. The fourth-order valence-electron chi connectivity index (χ4n) is 0.982. The number of carboxylic acid groups (broad SMARTS) is 1. The number of nitrogens with one attached hydrogen (secondary N) is 1. The summed E-state index contributed by atoms with van der Waals surface area (Å²) in [6.45, 7) is 4.72. The Bertz CT molecular complexity index is 240. The van der Waals surface area contributed by atoms with Gasteiger partial charge in [0.15, 0.2) is 0 Å². The van der Waals surface area contributed by atoms with Gasteiger partial charge in [0.05, 0.1) is 6.10 Å². The number of carbonyl (C=O) groups excluding carboxylic acids is 1. The summed E-state index contributed by atoms with van der Waals surface area (Å²) in [6, 6.07) is -2.09. The van der Waals surface area contributed by atoms with E-state index in [4.69, 9.17) is 15.9 Å². The van der Waals surface area contributed by atoms with Crippen molar-refractivity contribution in [1.29, 1.82) is 0 Å². The summed E-state index contributed by atoms with van der Waals surface area (Å²) in [5.41, 5.74) is 5.35. The molecule has 0 aromatic rings. The van der Waals surface area contributed by atoms with Crippen molar-refractivity contribution < 1.29 is 19.8 Å². The molecule has 0 radical (unpaired) electrons. The Morgan fingerprint density at radius 3 is 2.00 bits per heavy atom. The van der Waals surface area contributed by atoms with Crippen LogP contribution in [0, 0.1) is 5.92 Å². The number of hydrogen-bond donors (Lipinski definition) is 4. The largest absolute Gasteiger partial charge is 0.480 e. The molecule has 6 heteroatoms. The molecule has 0 aliphatic heterocycles. The third kappa shape index (κ3) is 4.26. The molecule has 0 aromatic heterocycles. The highest BCUT2D eigenvalue weighted by molar-refractivity contribution is 5.87. The molecule has 6 nitrogen and oxygen atoms in total. The normalized spacial score (nSPS) is 16.9. The Kier molecular flexibility index (Phi) is 5.24. The number of aliphatic hydroxyl groups excluding tert-OH is 1. The molecule has 1 amide bonds. The van der Waals surface area contributed by atoms with Crippen LogP contribution in [0.1, 0.15) is 20.8 Å². The van der Waals surface area contributed by atoms with Gasteiger partial charge in [-0.15, -0.1) is 0 Å². The van der Waals surface area contributed by atoms with E-state index < -0.39 is 30.1 Å². The molecule has 0 fully saturated rings. The number of rotatable bonds is 5. The second-order valence-electron chi connectivity index (χ2n) is 3.83. The number of carboxylic acids is 1. The van der Waals surface area contributed by atoms with Crippen molar-refractivity contribution in [2.75, 3.05) is 0 Å². The van der Waals surface area contributed by atoms with Gasteiger partial charge in [-0.05, 0) is 12.8 Å². The monoisotopic (exact) mass is 218 g/mol. The average molecular weight is 218 g/mol. The molecule has 3 unspecified atom stereocenters. The second kappa shape index (κ2) is 5.67. The van der Waals surface area contributed by atoms with Crippen LogP contribution >= 0.6 is 0 Å². The van der Waals surface area contributed by atoms with Crippen LogP contribution in [0.2, 0.25) is 0 Å². The Morgan fingerprint density at radius 1 is 1.27 bits per heavy atom. The van der Waals surface area contributed by atoms with Gasteiger partial charge in [-0.25, -0.2) is 4.79 Å². The lowest BCUT2D eigenvalue weighted by atomic mass is 10.0. The number of hydrogen-bond acceptors (Lipinski definition) is 4. The first kappa shape index (κ1) is 13.9. The third-order valence-corrected chi connectivity index (χ3v) is 2.05. The standard InChI is InChI=1S/C9H18N2O4/c1-4(2)7(9(14)15)11-8(13)6(10)5(3)12/h4-7,12H,10H2,1-3H3,(H,11,13)(H,14,15). The predicted molar refractivity (Wildman–Crippen MR) is 54.1 cm³/mol. The molecule has 0 heterocycles. The lowest BCUT2D eigenvalue weighted by Crippen LogP contribution is -2.53. The zero-order valence-corrected chi connectivity index (χ0v) is 9.10.